The maximum absolute atomic E-state index is 15.2. The van der Waals surface area contributed by atoms with E-state index in [4.69, 9.17) is 9.47 Å². The van der Waals surface area contributed by atoms with Gasteiger partial charge >= 0.3 is 16.3 Å². The van der Waals surface area contributed by atoms with E-state index in [1.165, 1.54) is 9.80 Å². The maximum Gasteiger partial charge on any atom is 0.410 e. The molecule has 0 aliphatic carbocycles. The van der Waals surface area contributed by atoms with Crippen LogP contribution in [0.25, 0.3) is 11.2 Å². The monoisotopic (exact) mass is 651 g/mol. The number of H-pyrrole nitrogens is 1. The quantitative estimate of drug-likeness (QED) is 0.298. The number of imidazole rings is 1. The van der Waals surface area contributed by atoms with Crippen LogP contribution in [0, 0.1) is 5.82 Å². The van der Waals surface area contributed by atoms with Gasteiger partial charge in [0.25, 0.3) is 5.91 Å². The highest BCUT2D eigenvalue weighted by Crippen LogP contribution is 3.02. The molecule has 3 aromatic rings. The van der Waals surface area contributed by atoms with Crippen LogP contribution in [-0.4, -0.2) is 80.2 Å². The molecule has 2 saturated heterocycles. The fourth-order valence-corrected chi connectivity index (χ4v) is 5.96. The molecule has 0 bridgehead atoms. The Kier molecular flexibility index (Phi) is 7.31. The van der Waals surface area contributed by atoms with Crippen LogP contribution in [0.3, 0.4) is 0 Å². The minimum Gasteiger partial charge on any atom is -0.507 e. The predicted molar refractivity (Wildman–Crippen MR) is 148 cm³/mol. The zero-order valence-corrected chi connectivity index (χ0v) is 24.8. The number of hydrogen-bond donors (Lipinski definition) is 2. The second kappa shape index (κ2) is 10.2. The van der Waals surface area contributed by atoms with Crippen LogP contribution in [-0.2, 0) is 9.47 Å². The number of aromatic amines is 1. The molecule has 5 rings (SSSR count). The molecular formula is C27H31F6N5O5S. The summed E-state index contributed by atoms with van der Waals surface area (Å²) in [6.07, 6.45) is 0.364. The molecule has 2 fully saturated rings. The molecule has 0 saturated carbocycles. The Labute approximate surface area is 248 Å². The summed E-state index contributed by atoms with van der Waals surface area (Å²) in [5.41, 5.74) is -0.410. The average Bonchev–Trinajstić information content (AvgIpc) is 3.35. The summed E-state index contributed by atoms with van der Waals surface area (Å²) in [5, 5.41) is 10.0. The SMILES string of the molecule is CC(C)(C)OC(=O)N1CCOC(c2nc3ncc(F)c(C4CCN(C(=O)c5ccc(S(F)(F)(F)(F)F)cc5O)CC4)c3[nH]2)C1. The summed E-state index contributed by atoms with van der Waals surface area (Å²) < 4.78 is 91.9. The third kappa shape index (κ3) is 6.67. The Morgan fingerprint density at radius 1 is 1.09 bits per heavy atom. The number of benzene rings is 1. The Morgan fingerprint density at radius 2 is 1.77 bits per heavy atom. The molecule has 0 radical (unpaired) electrons. The van der Waals surface area contributed by atoms with E-state index in [1.54, 1.807) is 20.8 Å². The largest absolute Gasteiger partial charge is 0.507 e. The lowest BCUT2D eigenvalue weighted by atomic mass is 9.88. The first kappa shape index (κ1) is 31.7. The van der Waals surface area contributed by atoms with Crippen LogP contribution >= 0.6 is 10.2 Å². The first-order valence-corrected chi connectivity index (χ1v) is 15.7. The number of phenolic OH excluding ortho intramolecular Hbond substituents is 1. The Bertz CT molecular complexity index is 1620. The summed E-state index contributed by atoms with van der Waals surface area (Å²) in [4.78, 5) is 37.6. The summed E-state index contributed by atoms with van der Waals surface area (Å²) in [6.45, 7) is 6.05. The molecule has 2 aliphatic rings. The Hall–Kier alpha value is -3.73. The van der Waals surface area contributed by atoms with Gasteiger partial charge in [0.15, 0.2) is 5.65 Å². The van der Waals surface area contributed by atoms with E-state index in [9.17, 15) is 34.1 Å². The van der Waals surface area contributed by atoms with Crippen molar-refractivity contribution in [2.45, 2.75) is 56.1 Å². The van der Waals surface area contributed by atoms with Gasteiger partial charge in [0.1, 0.15) is 34.0 Å². The number of pyridine rings is 1. The van der Waals surface area contributed by atoms with Crippen LogP contribution in [0.2, 0.25) is 0 Å². The highest BCUT2D eigenvalue weighted by atomic mass is 32.5. The van der Waals surface area contributed by atoms with Gasteiger partial charge in [-0.05, 0) is 51.7 Å². The van der Waals surface area contributed by atoms with Gasteiger partial charge in [0, 0.05) is 31.3 Å². The Morgan fingerprint density at radius 3 is 2.39 bits per heavy atom. The molecule has 0 spiro atoms. The Balaban J connectivity index is 1.31. The van der Waals surface area contributed by atoms with E-state index < -0.39 is 61.9 Å². The second-order valence-electron chi connectivity index (χ2n) is 11.8. The molecule has 2 aromatic heterocycles. The van der Waals surface area contributed by atoms with E-state index in [1.807, 2.05) is 0 Å². The van der Waals surface area contributed by atoms with Gasteiger partial charge < -0.3 is 29.4 Å². The molecular weight excluding hydrogens is 620 g/mol. The molecule has 2 amide bonds. The van der Waals surface area contributed by atoms with Crippen molar-refractivity contribution in [1.82, 2.24) is 24.8 Å². The van der Waals surface area contributed by atoms with Crippen LogP contribution in [0.4, 0.5) is 28.6 Å². The number of rotatable bonds is 4. The zero-order chi connectivity index (χ0) is 32.3. The third-order valence-corrected chi connectivity index (χ3v) is 8.53. The summed E-state index contributed by atoms with van der Waals surface area (Å²) in [5.74, 6) is -2.74. The van der Waals surface area contributed by atoms with Gasteiger partial charge in [0.2, 0.25) is 0 Å². The fraction of sp³-hybridized carbons (Fsp3) is 0.481. The van der Waals surface area contributed by atoms with Crippen LogP contribution < -0.4 is 0 Å². The van der Waals surface area contributed by atoms with Crippen molar-refractivity contribution in [3.8, 4) is 5.75 Å². The van der Waals surface area contributed by atoms with Crippen molar-refractivity contribution >= 4 is 33.4 Å². The summed E-state index contributed by atoms with van der Waals surface area (Å²) >= 11 is 0. The summed E-state index contributed by atoms with van der Waals surface area (Å²) in [7, 11) is -10.0. The number of halogens is 6. The van der Waals surface area contributed by atoms with Crippen LogP contribution in [0.5, 0.6) is 5.75 Å². The maximum atomic E-state index is 15.2. The van der Waals surface area contributed by atoms with Crippen LogP contribution in [0.1, 0.15) is 67.4 Å². The molecule has 2 aliphatic heterocycles. The third-order valence-electron chi connectivity index (χ3n) is 7.39. The number of carbonyl (C=O) groups excluding carboxylic acids is 2. The fourth-order valence-electron chi connectivity index (χ4n) is 5.30. The number of piperidine rings is 1. The van der Waals surface area contributed by atoms with Crippen molar-refractivity contribution < 1.29 is 48.0 Å². The second-order valence-corrected chi connectivity index (χ2v) is 14.2. The van der Waals surface area contributed by atoms with Gasteiger partial charge in [-0.2, -0.15) is 0 Å². The minimum atomic E-state index is -10.0. The number of nitrogens with one attached hydrogen (secondary N) is 1. The lowest BCUT2D eigenvalue weighted by molar-refractivity contribution is -0.0459. The topological polar surface area (TPSA) is 121 Å². The first-order valence-electron chi connectivity index (χ1n) is 13.7. The minimum absolute atomic E-state index is 0.0487. The van der Waals surface area contributed by atoms with Crippen molar-refractivity contribution in [3.63, 3.8) is 0 Å². The van der Waals surface area contributed by atoms with Crippen molar-refractivity contribution in [3.05, 3.63) is 47.2 Å². The molecule has 4 heterocycles. The van der Waals surface area contributed by atoms with Gasteiger partial charge in [0.05, 0.1) is 30.4 Å². The van der Waals surface area contributed by atoms with Gasteiger partial charge in [-0.1, -0.05) is 19.4 Å². The highest BCUT2D eigenvalue weighted by Gasteiger charge is 2.65. The molecule has 1 unspecified atom stereocenters. The number of amides is 2. The van der Waals surface area contributed by atoms with E-state index >= 15 is 4.39 Å². The summed E-state index contributed by atoms with van der Waals surface area (Å²) in [6, 6.07) is 0.443. The number of carbonyl (C=O) groups is 2. The molecule has 2 N–H and O–H groups in total. The molecule has 44 heavy (non-hydrogen) atoms. The van der Waals surface area contributed by atoms with E-state index in [0.717, 1.165) is 6.20 Å². The molecule has 17 heteroatoms. The number of aromatic nitrogens is 3. The first-order chi connectivity index (χ1) is 20.2. The predicted octanol–water partition coefficient (Wildman–Crippen LogP) is 6.79. The number of morpholine rings is 1. The number of likely N-dealkylation sites (tertiary alicyclic amines) is 1. The van der Waals surface area contributed by atoms with Crippen molar-refractivity contribution in [2.24, 2.45) is 0 Å². The number of ether oxygens (including phenoxy) is 2. The average molecular weight is 652 g/mol. The number of phenols is 1. The van der Waals surface area contributed by atoms with Crippen molar-refractivity contribution in [1.29, 1.82) is 0 Å². The normalized spacial score (nSPS) is 20.3. The zero-order valence-electron chi connectivity index (χ0n) is 24.0. The number of nitrogens with zero attached hydrogens (tertiary/aromatic N) is 4. The molecule has 1 atom stereocenters. The lowest BCUT2D eigenvalue weighted by Gasteiger charge is -2.40. The number of fused-ring (bicyclic) bond motifs is 1. The van der Waals surface area contributed by atoms with Gasteiger partial charge in [-0.3, -0.25) is 4.79 Å². The number of hydrogen-bond acceptors (Lipinski definition) is 7. The van der Waals surface area contributed by atoms with Gasteiger partial charge in [-0.25, -0.2) is 19.2 Å². The number of aromatic hydroxyl groups is 1. The van der Waals surface area contributed by atoms with Gasteiger partial charge in [-0.15, -0.1) is 0 Å². The van der Waals surface area contributed by atoms with E-state index in [0.29, 0.717) is 24.0 Å². The van der Waals surface area contributed by atoms with E-state index in [-0.39, 0.29) is 62.4 Å². The van der Waals surface area contributed by atoms with Crippen molar-refractivity contribution in [2.75, 3.05) is 32.8 Å². The van der Waals surface area contributed by atoms with E-state index in [2.05, 4.69) is 15.0 Å². The molecule has 1 aromatic carbocycles. The lowest BCUT2D eigenvalue weighted by Crippen LogP contribution is -2.44. The molecule has 10 nitrogen and oxygen atoms in total. The van der Waals surface area contributed by atoms with Crippen LogP contribution in [0.15, 0.2) is 29.3 Å². The standard InChI is InChI=1S/C27H31F6N5O5S/c1-27(2,3)43-26(41)38-10-11-42-20(14-38)23-35-22-21(18(28)13-34-24(22)36-23)15-6-8-37(9-7-15)25(40)17-5-4-16(12-19(17)39)44(29,30,31,32)33/h4-5,12-13,15,20,39H,6-11,14H2,1-3H3,(H,34,35,36). The molecule has 242 valence electrons. The highest BCUT2D eigenvalue weighted by molar-refractivity contribution is 8.45. The smallest absolute Gasteiger partial charge is 0.410 e.